The Kier molecular flexibility index (Phi) is 5.66. The number of nitrogens with two attached hydrogens (primary N) is 1. The first-order valence-electron chi connectivity index (χ1n) is 4.26. The standard InChI is InChI=1S/C8H13NO3.ClH/c1-2-12-8(11)6-3-4-9-5-7(6)10;/h6,9H,2-5H2,1H3;1H. The molecule has 1 fully saturated rings. The third kappa shape index (κ3) is 3.32. The van der Waals surface area contributed by atoms with E-state index in [1.54, 1.807) is 6.92 Å². The van der Waals surface area contributed by atoms with E-state index >= 15 is 0 Å². The molecule has 0 saturated carbocycles. The first-order chi connectivity index (χ1) is 5.75. The number of Topliss-reactive ketones (excluding diaryl/α,β-unsaturated/α-hetero) is 1. The number of hydrogen-bond donors (Lipinski definition) is 1. The van der Waals surface area contributed by atoms with Crippen LogP contribution in [0, 0.1) is 5.92 Å². The van der Waals surface area contributed by atoms with Crippen molar-refractivity contribution in [1.82, 2.24) is 0 Å². The average Bonchev–Trinajstić information content (AvgIpc) is 2.05. The molecule has 13 heavy (non-hydrogen) atoms. The Bertz CT molecular complexity index is 196. The molecule has 1 aliphatic rings. The molecule has 76 valence electrons. The predicted octanol–water partition coefficient (Wildman–Crippen LogP) is -4.29. The van der Waals surface area contributed by atoms with Crippen molar-refractivity contribution in [3.05, 3.63) is 0 Å². The number of piperidine rings is 1. The molecule has 0 bridgehead atoms. The van der Waals surface area contributed by atoms with Gasteiger partial charge in [-0.25, -0.2) is 0 Å². The maximum atomic E-state index is 11.2. The van der Waals surface area contributed by atoms with E-state index < -0.39 is 5.92 Å². The summed E-state index contributed by atoms with van der Waals surface area (Å²) in [6, 6.07) is 0. The number of ether oxygens (including phenoxy) is 1. The first-order valence-corrected chi connectivity index (χ1v) is 4.26. The molecule has 0 radical (unpaired) electrons. The van der Waals surface area contributed by atoms with Crippen LogP contribution in [-0.4, -0.2) is 31.4 Å². The van der Waals surface area contributed by atoms with Crippen molar-refractivity contribution in [2.75, 3.05) is 19.7 Å². The molecular formula is C8H14ClNO3. The van der Waals surface area contributed by atoms with Crippen LogP contribution in [0.25, 0.3) is 0 Å². The van der Waals surface area contributed by atoms with E-state index in [-0.39, 0.29) is 24.2 Å². The molecule has 4 nitrogen and oxygen atoms in total. The van der Waals surface area contributed by atoms with Gasteiger partial charge in [0.1, 0.15) is 12.5 Å². The van der Waals surface area contributed by atoms with E-state index in [1.807, 2.05) is 5.32 Å². The highest BCUT2D eigenvalue weighted by molar-refractivity contribution is 5.99. The monoisotopic (exact) mass is 207 g/mol. The molecular weight excluding hydrogens is 194 g/mol. The van der Waals surface area contributed by atoms with Crippen LogP contribution in [0.5, 0.6) is 0 Å². The molecule has 1 heterocycles. The second-order valence-electron chi connectivity index (χ2n) is 2.84. The fourth-order valence-corrected chi connectivity index (χ4v) is 1.32. The minimum Gasteiger partial charge on any atom is -1.00 e. The van der Waals surface area contributed by atoms with Gasteiger partial charge < -0.3 is 22.5 Å². The smallest absolute Gasteiger partial charge is 0.316 e. The highest BCUT2D eigenvalue weighted by atomic mass is 35.5. The SMILES string of the molecule is CCOC(=O)C1CC[NH2+]CC1=O.[Cl-]. The van der Waals surface area contributed by atoms with Gasteiger partial charge in [0, 0.05) is 6.42 Å². The lowest BCUT2D eigenvalue weighted by Crippen LogP contribution is -3.00. The summed E-state index contributed by atoms with van der Waals surface area (Å²) in [7, 11) is 0. The molecule has 0 aromatic rings. The van der Waals surface area contributed by atoms with Crippen LogP contribution in [0.1, 0.15) is 13.3 Å². The molecule has 0 aliphatic carbocycles. The van der Waals surface area contributed by atoms with Crippen LogP contribution >= 0.6 is 0 Å². The van der Waals surface area contributed by atoms with E-state index in [4.69, 9.17) is 4.74 Å². The van der Waals surface area contributed by atoms with Crippen molar-refractivity contribution >= 4 is 11.8 Å². The van der Waals surface area contributed by atoms with Crippen molar-refractivity contribution in [2.45, 2.75) is 13.3 Å². The highest BCUT2D eigenvalue weighted by Crippen LogP contribution is 2.07. The summed E-state index contributed by atoms with van der Waals surface area (Å²) in [6.07, 6.45) is 0.623. The molecule has 2 N–H and O–H groups in total. The Labute approximate surface area is 83.4 Å². The fourth-order valence-electron chi connectivity index (χ4n) is 1.32. The van der Waals surface area contributed by atoms with E-state index in [0.29, 0.717) is 19.6 Å². The van der Waals surface area contributed by atoms with E-state index in [0.717, 1.165) is 6.54 Å². The molecule has 0 spiro atoms. The lowest BCUT2D eigenvalue weighted by molar-refractivity contribution is -0.649. The largest absolute Gasteiger partial charge is 1.00 e. The minimum atomic E-state index is -0.491. The second-order valence-corrected chi connectivity index (χ2v) is 2.84. The van der Waals surface area contributed by atoms with Crippen molar-refractivity contribution in [3.8, 4) is 0 Å². The summed E-state index contributed by atoms with van der Waals surface area (Å²) in [5, 5.41) is 1.91. The fraction of sp³-hybridized carbons (Fsp3) is 0.750. The number of rotatable bonds is 2. The van der Waals surface area contributed by atoms with Gasteiger partial charge in [0.2, 0.25) is 5.78 Å². The third-order valence-electron chi connectivity index (χ3n) is 1.96. The third-order valence-corrected chi connectivity index (χ3v) is 1.96. The van der Waals surface area contributed by atoms with E-state index in [9.17, 15) is 9.59 Å². The van der Waals surface area contributed by atoms with Gasteiger partial charge in [-0.3, -0.25) is 9.59 Å². The van der Waals surface area contributed by atoms with E-state index in [1.165, 1.54) is 0 Å². The second kappa shape index (κ2) is 5.94. The number of esters is 1. The summed E-state index contributed by atoms with van der Waals surface area (Å²) >= 11 is 0. The van der Waals surface area contributed by atoms with Crippen LogP contribution in [0.2, 0.25) is 0 Å². The summed E-state index contributed by atoms with van der Waals surface area (Å²) in [6.45, 7) is 3.36. The van der Waals surface area contributed by atoms with Gasteiger partial charge in [-0.1, -0.05) is 0 Å². The molecule has 1 aliphatic heterocycles. The molecule has 1 unspecified atom stereocenters. The van der Waals surface area contributed by atoms with Gasteiger partial charge in [-0.2, -0.15) is 0 Å². The first kappa shape index (κ1) is 12.4. The van der Waals surface area contributed by atoms with Crippen LogP contribution < -0.4 is 17.7 Å². The van der Waals surface area contributed by atoms with Crippen molar-refractivity contribution in [3.63, 3.8) is 0 Å². The quantitative estimate of drug-likeness (QED) is 0.368. The Morgan fingerprint density at radius 2 is 2.38 bits per heavy atom. The van der Waals surface area contributed by atoms with Crippen molar-refractivity contribution in [2.24, 2.45) is 5.92 Å². The Hall–Kier alpha value is -0.610. The van der Waals surface area contributed by atoms with Crippen LogP contribution in [0.4, 0.5) is 0 Å². The van der Waals surface area contributed by atoms with Gasteiger partial charge in [-0.15, -0.1) is 0 Å². The molecule has 0 amide bonds. The van der Waals surface area contributed by atoms with Crippen LogP contribution in [-0.2, 0) is 14.3 Å². The zero-order chi connectivity index (χ0) is 8.97. The van der Waals surface area contributed by atoms with E-state index in [2.05, 4.69) is 0 Å². The normalized spacial score (nSPS) is 21.9. The zero-order valence-corrected chi connectivity index (χ0v) is 8.34. The zero-order valence-electron chi connectivity index (χ0n) is 7.59. The Morgan fingerprint density at radius 3 is 2.92 bits per heavy atom. The lowest BCUT2D eigenvalue weighted by Gasteiger charge is -2.16. The molecule has 1 saturated heterocycles. The maximum absolute atomic E-state index is 11.2. The minimum absolute atomic E-state index is 0. The number of hydrogen-bond acceptors (Lipinski definition) is 3. The van der Waals surface area contributed by atoms with Gasteiger partial charge in [0.15, 0.2) is 0 Å². The van der Waals surface area contributed by atoms with Crippen molar-refractivity contribution < 1.29 is 32.0 Å². The summed E-state index contributed by atoms with van der Waals surface area (Å²) in [4.78, 5) is 22.3. The lowest BCUT2D eigenvalue weighted by atomic mass is 9.97. The summed E-state index contributed by atoms with van der Waals surface area (Å²) < 4.78 is 4.78. The van der Waals surface area contributed by atoms with Crippen LogP contribution in [0.15, 0.2) is 0 Å². The number of halogens is 1. The predicted molar refractivity (Wildman–Crippen MR) is 41.4 cm³/mol. The van der Waals surface area contributed by atoms with Gasteiger partial charge in [0.25, 0.3) is 0 Å². The number of ketones is 1. The molecule has 1 atom stereocenters. The summed E-state index contributed by atoms with van der Waals surface area (Å²) in [5.41, 5.74) is 0. The molecule has 0 aromatic heterocycles. The van der Waals surface area contributed by atoms with Crippen LogP contribution in [0.3, 0.4) is 0 Å². The number of carbonyl (C=O) groups excluding carboxylic acids is 2. The molecule has 1 rings (SSSR count). The number of quaternary nitrogens is 1. The molecule has 0 aromatic carbocycles. The van der Waals surface area contributed by atoms with Gasteiger partial charge in [0.05, 0.1) is 13.2 Å². The Morgan fingerprint density at radius 1 is 1.69 bits per heavy atom. The number of carbonyl (C=O) groups is 2. The van der Waals surface area contributed by atoms with Gasteiger partial charge >= 0.3 is 5.97 Å². The topological polar surface area (TPSA) is 60.0 Å². The average molecular weight is 208 g/mol. The summed E-state index contributed by atoms with van der Waals surface area (Å²) in [5.74, 6) is -0.842. The highest BCUT2D eigenvalue weighted by Gasteiger charge is 2.31. The maximum Gasteiger partial charge on any atom is 0.316 e. The van der Waals surface area contributed by atoms with Crippen molar-refractivity contribution in [1.29, 1.82) is 0 Å². The Balaban J connectivity index is 0.00000144. The molecule has 5 heteroatoms. The van der Waals surface area contributed by atoms with Gasteiger partial charge in [-0.05, 0) is 6.92 Å².